The molecule has 168 valence electrons. The lowest BCUT2D eigenvalue weighted by Crippen LogP contribution is -2.38. The van der Waals surface area contributed by atoms with E-state index in [-0.39, 0.29) is 67.0 Å². The minimum absolute atomic E-state index is 0.210. The van der Waals surface area contributed by atoms with E-state index in [1.165, 1.54) is 0 Å². The van der Waals surface area contributed by atoms with Gasteiger partial charge in [-0.1, -0.05) is 18.2 Å². The van der Waals surface area contributed by atoms with Crippen LogP contribution in [0.3, 0.4) is 0 Å². The van der Waals surface area contributed by atoms with Crippen molar-refractivity contribution in [3.63, 3.8) is 0 Å². The molecule has 0 amide bonds. The number of aryl methyl sites for hydroxylation is 1. The monoisotopic (exact) mass is 526 g/mol. The molecule has 1 aromatic carbocycles. The maximum atomic E-state index is 13.9. The molecule has 1 aromatic rings. The first-order chi connectivity index (χ1) is 13.8. The molecule has 6 nitrogen and oxygen atoms in total. The Morgan fingerprint density at radius 3 is 1.76 bits per heavy atom. The standard InChI is InChI=1S/C17H27Cl4N2O4PS/c1-16-4-2-3-5-17(16)29(25,26)15-14-27-28(24,22(10-6-18)11-7-19)23(12-8-20)13-9-21/h2-5H,6-15H2,1H3. The van der Waals surface area contributed by atoms with Crippen LogP contribution in [0.25, 0.3) is 0 Å². The van der Waals surface area contributed by atoms with E-state index in [0.29, 0.717) is 5.56 Å². The Balaban J connectivity index is 3.07. The van der Waals surface area contributed by atoms with Crippen LogP contribution in [0, 0.1) is 6.92 Å². The summed E-state index contributed by atoms with van der Waals surface area (Å²) in [5.74, 6) is 0.526. The first-order valence-electron chi connectivity index (χ1n) is 9.04. The fraction of sp³-hybridized carbons (Fsp3) is 0.647. The second-order valence-corrected chi connectivity index (χ2v) is 12.0. The van der Waals surface area contributed by atoms with Crippen molar-refractivity contribution in [1.29, 1.82) is 0 Å². The molecule has 0 fully saturated rings. The summed E-state index contributed by atoms with van der Waals surface area (Å²) in [7, 11) is -7.23. The van der Waals surface area contributed by atoms with Gasteiger partial charge in [0.15, 0.2) is 9.84 Å². The summed E-state index contributed by atoms with van der Waals surface area (Å²) in [5.41, 5.74) is 0.646. The summed E-state index contributed by atoms with van der Waals surface area (Å²) < 4.78 is 48.1. The van der Waals surface area contributed by atoms with Gasteiger partial charge in [-0.05, 0) is 18.6 Å². The first-order valence-corrected chi connectivity index (χ1v) is 14.4. The molecule has 0 aliphatic rings. The van der Waals surface area contributed by atoms with E-state index in [1.54, 1.807) is 40.5 Å². The van der Waals surface area contributed by atoms with E-state index >= 15 is 0 Å². The molecule has 0 saturated carbocycles. The van der Waals surface area contributed by atoms with Crippen LogP contribution in [0.2, 0.25) is 0 Å². The summed E-state index contributed by atoms with van der Waals surface area (Å²) in [6.07, 6.45) is 0. The fourth-order valence-electron chi connectivity index (χ4n) is 2.74. The molecule has 12 heteroatoms. The maximum Gasteiger partial charge on any atom is 0.346 e. The number of hydrogen-bond donors (Lipinski definition) is 0. The number of halogens is 4. The van der Waals surface area contributed by atoms with Crippen molar-refractivity contribution in [2.45, 2.75) is 11.8 Å². The van der Waals surface area contributed by atoms with Crippen molar-refractivity contribution < 1.29 is 17.5 Å². The van der Waals surface area contributed by atoms with Crippen molar-refractivity contribution in [3.05, 3.63) is 29.8 Å². The quantitative estimate of drug-likeness (QED) is 0.248. The first kappa shape index (κ1) is 27.5. The molecule has 1 rings (SSSR count). The molecule has 0 saturated heterocycles. The van der Waals surface area contributed by atoms with Gasteiger partial charge in [-0.3, -0.25) is 4.57 Å². The lowest BCUT2D eigenvalue weighted by atomic mass is 10.2. The Bertz CT molecular complexity index is 738. The van der Waals surface area contributed by atoms with Gasteiger partial charge in [0.2, 0.25) is 0 Å². The number of hydrogen-bond acceptors (Lipinski definition) is 4. The average Bonchev–Trinajstić information content (AvgIpc) is 2.67. The minimum Gasteiger partial charge on any atom is -0.305 e. The van der Waals surface area contributed by atoms with Gasteiger partial charge in [0.05, 0.1) is 17.3 Å². The molecule has 29 heavy (non-hydrogen) atoms. The third-order valence-electron chi connectivity index (χ3n) is 4.13. The Kier molecular flexibility index (Phi) is 13.0. The number of alkyl halides is 4. The maximum absolute atomic E-state index is 13.9. The predicted molar refractivity (Wildman–Crippen MR) is 123 cm³/mol. The van der Waals surface area contributed by atoms with Crippen molar-refractivity contribution in [2.75, 3.05) is 62.1 Å². The van der Waals surface area contributed by atoms with Gasteiger partial charge in [-0.15, -0.1) is 46.4 Å². The predicted octanol–water partition coefficient (Wildman–Crippen LogP) is 4.45. The molecule has 0 bridgehead atoms. The van der Waals surface area contributed by atoms with Gasteiger partial charge in [-0.25, -0.2) is 17.8 Å². The molecular formula is C17H27Cl4N2O4PS. The lowest BCUT2D eigenvalue weighted by molar-refractivity contribution is 0.226. The van der Waals surface area contributed by atoms with Gasteiger partial charge in [0.1, 0.15) is 0 Å². The van der Waals surface area contributed by atoms with Crippen molar-refractivity contribution in [3.8, 4) is 0 Å². The molecule has 0 aliphatic heterocycles. The average molecular weight is 528 g/mol. The number of rotatable bonds is 15. The summed E-state index contributed by atoms with van der Waals surface area (Å²) >= 11 is 23.5. The van der Waals surface area contributed by atoms with Crippen LogP contribution in [0.4, 0.5) is 0 Å². The zero-order valence-electron chi connectivity index (χ0n) is 16.3. The second-order valence-electron chi connectivity index (χ2n) is 6.07. The van der Waals surface area contributed by atoms with Crippen molar-refractivity contribution >= 4 is 63.9 Å². The van der Waals surface area contributed by atoms with Crippen LogP contribution in [0.15, 0.2) is 29.2 Å². The summed E-state index contributed by atoms with van der Waals surface area (Å²) in [6.45, 7) is 2.52. The van der Waals surface area contributed by atoms with Gasteiger partial charge >= 0.3 is 7.67 Å². The van der Waals surface area contributed by atoms with Gasteiger partial charge in [0, 0.05) is 49.7 Å². The highest BCUT2D eigenvalue weighted by Gasteiger charge is 2.38. The zero-order valence-corrected chi connectivity index (χ0v) is 21.0. The molecule has 0 radical (unpaired) electrons. The Hall–Kier alpha value is 0.440. The summed E-state index contributed by atoms with van der Waals surface area (Å²) in [6, 6.07) is 6.71. The fourth-order valence-corrected chi connectivity index (χ4v) is 7.95. The summed E-state index contributed by atoms with van der Waals surface area (Å²) in [5, 5.41) is 0. The largest absolute Gasteiger partial charge is 0.346 e. The lowest BCUT2D eigenvalue weighted by Gasteiger charge is -2.37. The Labute approximate surface area is 193 Å². The van der Waals surface area contributed by atoms with Gasteiger partial charge in [-0.2, -0.15) is 0 Å². The molecular weight excluding hydrogens is 501 g/mol. The van der Waals surface area contributed by atoms with Crippen LogP contribution in [-0.4, -0.2) is 79.8 Å². The number of benzene rings is 1. The molecule has 0 unspecified atom stereocenters. The molecule has 0 N–H and O–H groups in total. The van der Waals surface area contributed by atoms with E-state index < -0.39 is 17.5 Å². The van der Waals surface area contributed by atoms with E-state index in [9.17, 15) is 13.0 Å². The van der Waals surface area contributed by atoms with Crippen LogP contribution < -0.4 is 0 Å². The SMILES string of the molecule is Cc1ccccc1S(=O)(=O)CCOP(=O)(N(CCCl)CCCl)N(CCCl)CCCl. The second kappa shape index (κ2) is 13.8. The van der Waals surface area contributed by atoms with Crippen LogP contribution in [-0.2, 0) is 18.9 Å². The van der Waals surface area contributed by atoms with E-state index in [0.717, 1.165) is 0 Å². The van der Waals surface area contributed by atoms with Gasteiger partial charge in [0.25, 0.3) is 0 Å². The van der Waals surface area contributed by atoms with E-state index in [2.05, 4.69) is 0 Å². The topological polar surface area (TPSA) is 66.9 Å². The highest BCUT2D eigenvalue weighted by molar-refractivity contribution is 7.91. The van der Waals surface area contributed by atoms with E-state index in [4.69, 9.17) is 50.9 Å². The van der Waals surface area contributed by atoms with Gasteiger partial charge < -0.3 is 4.52 Å². The molecule has 0 aliphatic carbocycles. The smallest absolute Gasteiger partial charge is 0.305 e. The zero-order chi connectivity index (χ0) is 21.9. The Morgan fingerprint density at radius 1 is 0.897 bits per heavy atom. The number of sulfone groups is 1. The Morgan fingerprint density at radius 2 is 1.34 bits per heavy atom. The summed E-state index contributed by atoms with van der Waals surface area (Å²) in [4.78, 5) is 0.232. The van der Waals surface area contributed by atoms with Crippen molar-refractivity contribution in [1.82, 2.24) is 9.34 Å². The van der Waals surface area contributed by atoms with E-state index in [1.807, 2.05) is 0 Å². The highest BCUT2D eigenvalue weighted by atomic mass is 35.5. The molecule has 0 spiro atoms. The molecule has 0 atom stereocenters. The highest BCUT2D eigenvalue weighted by Crippen LogP contribution is 2.54. The van der Waals surface area contributed by atoms with Crippen LogP contribution in [0.5, 0.6) is 0 Å². The number of nitrogens with zero attached hydrogens (tertiary/aromatic N) is 2. The molecule has 0 aromatic heterocycles. The molecule has 0 heterocycles. The third-order valence-corrected chi connectivity index (χ3v) is 9.38. The normalized spacial score (nSPS) is 12.8. The van der Waals surface area contributed by atoms with Crippen molar-refractivity contribution in [2.24, 2.45) is 0 Å². The van der Waals surface area contributed by atoms with Crippen LogP contribution in [0.1, 0.15) is 5.56 Å². The minimum atomic E-state index is -3.63. The third kappa shape index (κ3) is 8.13. The van der Waals surface area contributed by atoms with Crippen LogP contribution >= 0.6 is 54.1 Å².